The molecule has 0 saturated heterocycles. The molecule has 0 fully saturated rings. The number of anilines is 1. The molecule has 10 nitrogen and oxygen atoms in total. The lowest BCUT2D eigenvalue weighted by Crippen LogP contribution is -2.33. The lowest BCUT2D eigenvalue weighted by atomic mass is 10.2. The summed E-state index contributed by atoms with van der Waals surface area (Å²) in [6.07, 6.45) is 0.108. The largest absolute Gasteiger partial charge is 0.382 e. The van der Waals surface area contributed by atoms with Crippen LogP contribution in [0, 0.1) is 4.78 Å². The Kier molecular flexibility index (Phi) is 6.41. The highest BCUT2D eigenvalue weighted by Gasteiger charge is 2.28. The van der Waals surface area contributed by atoms with Crippen molar-refractivity contribution < 1.29 is 13.8 Å². The fourth-order valence-corrected chi connectivity index (χ4v) is 3.90. The number of carbonyl (C=O) groups is 2. The van der Waals surface area contributed by atoms with E-state index in [-0.39, 0.29) is 52.5 Å². The number of nitrogens with two attached hydrogens (primary N) is 1. The van der Waals surface area contributed by atoms with Gasteiger partial charge in [0, 0.05) is 30.2 Å². The van der Waals surface area contributed by atoms with Crippen LogP contribution in [0.25, 0.3) is 11.2 Å². The van der Waals surface area contributed by atoms with Crippen LogP contribution in [0.2, 0.25) is 0 Å². The zero-order valence-corrected chi connectivity index (χ0v) is 19.7. The van der Waals surface area contributed by atoms with Gasteiger partial charge >= 0.3 is 6.03 Å². The first kappa shape index (κ1) is 22.8. The summed E-state index contributed by atoms with van der Waals surface area (Å²) in [6.45, 7) is 3.50. The highest BCUT2D eigenvalue weighted by Crippen LogP contribution is 2.24. The second-order valence-electron chi connectivity index (χ2n) is 6.84. The summed E-state index contributed by atoms with van der Waals surface area (Å²) in [7, 11) is -1.67. The first-order chi connectivity index (χ1) is 14.6. The van der Waals surface area contributed by atoms with Crippen LogP contribution in [0.3, 0.4) is 0 Å². The van der Waals surface area contributed by atoms with E-state index >= 15 is 0 Å². The molecule has 164 valence electrons. The van der Waals surface area contributed by atoms with Crippen molar-refractivity contribution in [3.8, 4) is 0 Å². The Hall–Kier alpha value is -2.86. The van der Waals surface area contributed by atoms with E-state index in [0.29, 0.717) is 0 Å². The first-order valence-electron chi connectivity index (χ1n) is 9.44. The number of amides is 1. The Morgan fingerprint density at radius 1 is 1.19 bits per heavy atom. The van der Waals surface area contributed by atoms with Crippen molar-refractivity contribution in [2.75, 3.05) is 18.5 Å². The van der Waals surface area contributed by atoms with Crippen LogP contribution in [-0.4, -0.2) is 53.2 Å². The summed E-state index contributed by atoms with van der Waals surface area (Å²) in [6, 6.07) is 6.94. The fraction of sp³-hybridized carbons (Fsp3) is 0.316. The number of nitrogens with zero attached hydrogens (tertiary/aromatic N) is 5. The molecule has 12 heteroatoms. The highest BCUT2D eigenvalue weighted by atomic mass is 79.9. The molecule has 0 radical (unpaired) electrons. The van der Waals surface area contributed by atoms with Crippen molar-refractivity contribution in [1.82, 2.24) is 24.4 Å². The van der Waals surface area contributed by atoms with Gasteiger partial charge in [0.1, 0.15) is 15.2 Å². The van der Waals surface area contributed by atoms with E-state index in [9.17, 15) is 13.8 Å². The van der Waals surface area contributed by atoms with Gasteiger partial charge in [0.15, 0.2) is 23.1 Å². The zero-order valence-electron chi connectivity index (χ0n) is 17.3. The van der Waals surface area contributed by atoms with Crippen LogP contribution in [0.15, 0.2) is 33.9 Å². The second-order valence-corrected chi connectivity index (χ2v) is 10.0. The molecule has 1 amide bonds. The molecule has 3 N–H and O–H groups in total. The topological polar surface area (TPSA) is 148 Å². The zero-order chi connectivity index (χ0) is 22.9. The van der Waals surface area contributed by atoms with Gasteiger partial charge in [-0.05, 0) is 17.7 Å². The van der Waals surface area contributed by atoms with Crippen LogP contribution in [0.1, 0.15) is 36.5 Å². The molecule has 0 saturated carbocycles. The predicted octanol–water partition coefficient (Wildman–Crippen LogP) is 3.29. The van der Waals surface area contributed by atoms with Crippen molar-refractivity contribution >= 4 is 54.5 Å². The number of imidazole rings is 1. The van der Waals surface area contributed by atoms with Gasteiger partial charge in [0.05, 0.1) is 0 Å². The number of carbonyl (C=O) groups excluding carboxylic acids is 2. The third kappa shape index (κ3) is 4.44. The summed E-state index contributed by atoms with van der Waals surface area (Å²) < 4.78 is 22.3. The van der Waals surface area contributed by atoms with Crippen LogP contribution in [0.5, 0.6) is 0 Å². The van der Waals surface area contributed by atoms with E-state index in [1.54, 1.807) is 20.9 Å². The molecule has 0 bridgehead atoms. The minimum Gasteiger partial charge on any atom is -0.382 e. The van der Waals surface area contributed by atoms with E-state index in [4.69, 9.17) is 10.5 Å². The standard InChI is InChI=1S/C19H22BrN7O3S/c1-4-13(28)17-24-16-14(15(21)23-18(25-16)31(22,30)5-2)27(17)19(29)26(3)10-11-6-8-12(20)9-7-11/h6-9,22H,4-5,10H2,1-3H3,(H2,21,23,25). The van der Waals surface area contributed by atoms with Gasteiger partial charge in [-0.25, -0.2) is 28.3 Å². The Labute approximate surface area is 188 Å². The molecule has 3 aromatic rings. The van der Waals surface area contributed by atoms with Gasteiger partial charge in [0.2, 0.25) is 5.16 Å². The van der Waals surface area contributed by atoms with Gasteiger partial charge in [-0.1, -0.05) is 41.9 Å². The van der Waals surface area contributed by atoms with Crippen LogP contribution < -0.4 is 5.73 Å². The van der Waals surface area contributed by atoms with Gasteiger partial charge in [0.25, 0.3) is 0 Å². The maximum atomic E-state index is 13.3. The predicted molar refractivity (Wildman–Crippen MR) is 120 cm³/mol. The minimum absolute atomic E-state index is 0.00569. The van der Waals surface area contributed by atoms with Crippen LogP contribution in [-0.2, 0) is 16.3 Å². The summed E-state index contributed by atoms with van der Waals surface area (Å²) in [4.78, 5) is 39.5. The summed E-state index contributed by atoms with van der Waals surface area (Å²) >= 11 is 3.37. The molecule has 1 aromatic carbocycles. The van der Waals surface area contributed by atoms with E-state index in [0.717, 1.165) is 14.6 Å². The average Bonchev–Trinajstić information content (AvgIpc) is 3.14. The number of hydrogen-bond acceptors (Lipinski definition) is 8. The summed E-state index contributed by atoms with van der Waals surface area (Å²) in [5, 5.41) is -0.268. The normalized spacial score (nSPS) is 13.2. The van der Waals surface area contributed by atoms with Gasteiger partial charge in [-0.3, -0.25) is 4.79 Å². The smallest absolute Gasteiger partial charge is 0.330 e. The lowest BCUT2D eigenvalue weighted by Gasteiger charge is -2.19. The van der Waals surface area contributed by atoms with Crippen molar-refractivity contribution in [2.45, 2.75) is 32.0 Å². The molecule has 3 rings (SSSR count). The van der Waals surface area contributed by atoms with Gasteiger partial charge in [-0.15, -0.1) is 0 Å². The SMILES string of the molecule is CCC(=O)c1nc2nc(S(=N)(=O)CC)nc(N)c2n1C(=O)N(C)Cc1ccc(Br)cc1. The number of nitrogen functional groups attached to an aromatic ring is 1. The molecular weight excluding hydrogens is 486 g/mol. The van der Waals surface area contributed by atoms with E-state index < -0.39 is 15.8 Å². The monoisotopic (exact) mass is 507 g/mol. The van der Waals surface area contributed by atoms with Gasteiger partial charge < -0.3 is 10.6 Å². The number of ketones is 1. The van der Waals surface area contributed by atoms with Crippen molar-refractivity contribution in [3.63, 3.8) is 0 Å². The Bertz CT molecular complexity index is 1270. The summed E-state index contributed by atoms with van der Waals surface area (Å²) in [5.41, 5.74) is 6.96. The molecule has 0 aliphatic heterocycles. The maximum Gasteiger partial charge on any atom is 0.330 e. The van der Waals surface area contributed by atoms with Crippen molar-refractivity contribution in [3.05, 3.63) is 40.1 Å². The number of hydrogen-bond donors (Lipinski definition) is 2. The number of Topliss-reactive ketones (excluding diaryl/α,β-unsaturated/α-hetero) is 1. The number of aromatic nitrogens is 4. The van der Waals surface area contributed by atoms with Crippen molar-refractivity contribution in [1.29, 1.82) is 4.78 Å². The number of rotatable bonds is 6. The molecule has 2 heterocycles. The van der Waals surface area contributed by atoms with Crippen LogP contribution in [0.4, 0.5) is 10.6 Å². The molecular formula is C19H22BrN7O3S. The average molecular weight is 508 g/mol. The molecule has 1 atom stereocenters. The number of fused-ring (bicyclic) bond motifs is 1. The fourth-order valence-electron chi connectivity index (χ4n) is 2.90. The lowest BCUT2D eigenvalue weighted by molar-refractivity contribution is 0.0974. The quantitative estimate of drug-likeness (QED) is 0.383. The van der Waals surface area contributed by atoms with Gasteiger partial charge in [-0.2, -0.15) is 4.98 Å². The number of nitrogens with one attached hydrogen (secondary N) is 1. The Balaban J connectivity index is 2.13. The highest BCUT2D eigenvalue weighted by molar-refractivity contribution is 9.10. The molecule has 0 aliphatic carbocycles. The third-order valence-corrected chi connectivity index (χ3v) is 6.76. The first-order valence-corrected chi connectivity index (χ1v) is 12.0. The molecule has 0 aliphatic rings. The van der Waals surface area contributed by atoms with E-state index in [1.165, 1.54) is 4.90 Å². The number of benzene rings is 1. The minimum atomic E-state index is -3.26. The second kappa shape index (κ2) is 8.71. The maximum absolute atomic E-state index is 13.3. The summed E-state index contributed by atoms with van der Waals surface area (Å²) in [5.74, 6) is -0.682. The van der Waals surface area contributed by atoms with Crippen molar-refractivity contribution in [2.24, 2.45) is 0 Å². The molecule has 2 aromatic heterocycles. The molecule has 31 heavy (non-hydrogen) atoms. The molecule has 0 spiro atoms. The Morgan fingerprint density at radius 2 is 1.84 bits per heavy atom. The number of halogens is 1. The Morgan fingerprint density at radius 3 is 2.42 bits per heavy atom. The van der Waals surface area contributed by atoms with E-state index in [1.807, 2.05) is 24.3 Å². The molecule has 1 unspecified atom stereocenters. The van der Waals surface area contributed by atoms with E-state index in [2.05, 4.69) is 30.9 Å². The van der Waals surface area contributed by atoms with Crippen LogP contribution >= 0.6 is 15.9 Å². The third-order valence-electron chi connectivity index (χ3n) is 4.64.